The van der Waals surface area contributed by atoms with Crippen LogP contribution in [0.4, 0.5) is 29.5 Å². The van der Waals surface area contributed by atoms with Gasteiger partial charge in [-0.15, -0.1) is 0 Å². The molecule has 4 rings (SSSR count). The zero-order chi connectivity index (χ0) is 26.2. The molecule has 1 saturated heterocycles. The number of urea groups is 1. The van der Waals surface area contributed by atoms with Crippen LogP contribution in [0, 0.1) is 0 Å². The molecule has 0 radical (unpaired) electrons. The third-order valence-electron chi connectivity index (χ3n) is 6.44. The summed E-state index contributed by atoms with van der Waals surface area (Å²) in [7, 11) is 4.39. The SMILES string of the molecule is COCc1cc2nc(N3CC[C@@H](N(C)C(=O)Nc4cc(C(F)(F)F)cn(C)c4=O)C[C@@H]3C)cnc2[nH]1. The molecule has 2 N–H and O–H groups in total. The van der Waals surface area contributed by atoms with E-state index in [9.17, 15) is 22.8 Å². The molecule has 3 aromatic heterocycles. The fourth-order valence-electron chi connectivity index (χ4n) is 4.48. The van der Waals surface area contributed by atoms with Gasteiger partial charge in [0.05, 0.1) is 18.4 Å². The molecule has 0 bridgehead atoms. The zero-order valence-corrected chi connectivity index (χ0v) is 20.4. The minimum atomic E-state index is -4.64. The average Bonchev–Trinajstić information content (AvgIpc) is 3.22. The van der Waals surface area contributed by atoms with Crippen molar-refractivity contribution in [3.63, 3.8) is 0 Å². The minimum absolute atomic E-state index is 0.0181. The zero-order valence-electron chi connectivity index (χ0n) is 20.4. The third-order valence-corrected chi connectivity index (χ3v) is 6.44. The monoisotopic (exact) mass is 507 g/mol. The van der Waals surface area contributed by atoms with E-state index in [0.717, 1.165) is 21.6 Å². The first kappa shape index (κ1) is 25.5. The maximum Gasteiger partial charge on any atom is 0.417 e. The number of fused-ring (bicyclic) bond motifs is 1. The van der Waals surface area contributed by atoms with Crippen molar-refractivity contribution < 1.29 is 22.7 Å². The van der Waals surface area contributed by atoms with Gasteiger partial charge < -0.3 is 29.4 Å². The van der Waals surface area contributed by atoms with Gasteiger partial charge in [-0.2, -0.15) is 13.2 Å². The number of halogens is 3. The summed E-state index contributed by atoms with van der Waals surface area (Å²) in [6, 6.07) is 1.75. The van der Waals surface area contributed by atoms with Gasteiger partial charge in [0, 0.05) is 51.7 Å². The molecule has 10 nitrogen and oxygen atoms in total. The number of aromatic nitrogens is 4. The number of aryl methyl sites for hydroxylation is 1. The number of carbonyl (C=O) groups excluding carboxylic acids is 1. The van der Waals surface area contributed by atoms with Gasteiger partial charge in [-0.1, -0.05) is 0 Å². The first-order chi connectivity index (χ1) is 17.0. The summed E-state index contributed by atoms with van der Waals surface area (Å²) < 4.78 is 45.4. The Morgan fingerprint density at radius 2 is 2.11 bits per heavy atom. The normalized spacial score (nSPS) is 18.5. The lowest BCUT2D eigenvalue weighted by molar-refractivity contribution is -0.138. The maximum absolute atomic E-state index is 13.1. The minimum Gasteiger partial charge on any atom is -0.378 e. The predicted molar refractivity (Wildman–Crippen MR) is 128 cm³/mol. The standard InChI is InChI=1S/C23H28F3N7O3/c1-13-7-16(5-6-33(13)19-10-27-20-17(29-19)9-15(28-20)12-36-4)32(3)22(35)30-18-8-14(23(24,25)26)11-31(2)21(18)34/h8-11,13,16H,5-7,12H2,1-4H3,(H,27,28)(H,30,35)/t13-,16+/m0/s1. The molecule has 0 aliphatic carbocycles. The second-order valence-corrected chi connectivity index (χ2v) is 9.01. The Morgan fingerprint density at radius 1 is 1.36 bits per heavy atom. The number of hydrogen-bond donors (Lipinski definition) is 2. The number of nitrogens with zero attached hydrogens (tertiary/aromatic N) is 5. The van der Waals surface area contributed by atoms with E-state index in [4.69, 9.17) is 9.72 Å². The van der Waals surface area contributed by atoms with Gasteiger partial charge in [0.25, 0.3) is 5.56 Å². The van der Waals surface area contributed by atoms with Crippen LogP contribution in [0.5, 0.6) is 0 Å². The number of aromatic amines is 1. The van der Waals surface area contributed by atoms with E-state index in [0.29, 0.717) is 43.9 Å². The van der Waals surface area contributed by atoms with Gasteiger partial charge in [-0.3, -0.25) is 4.79 Å². The molecule has 2 amide bonds. The molecule has 4 heterocycles. The van der Waals surface area contributed by atoms with E-state index in [2.05, 4.69) is 20.2 Å². The maximum atomic E-state index is 13.1. The van der Waals surface area contributed by atoms with Crippen LogP contribution < -0.4 is 15.8 Å². The van der Waals surface area contributed by atoms with Crippen LogP contribution in [0.3, 0.4) is 0 Å². The first-order valence-electron chi connectivity index (χ1n) is 11.4. The molecule has 1 aliphatic rings. The van der Waals surface area contributed by atoms with E-state index in [-0.39, 0.29) is 12.1 Å². The summed E-state index contributed by atoms with van der Waals surface area (Å²) in [5, 5.41) is 2.36. The number of rotatable bonds is 5. The number of carbonyl (C=O) groups is 1. The highest BCUT2D eigenvalue weighted by molar-refractivity contribution is 5.89. The number of pyridine rings is 1. The highest BCUT2D eigenvalue weighted by Gasteiger charge is 2.34. The molecular weight excluding hydrogens is 479 g/mol. The topological polar surface area (TPSA) is 108 Å². The Bertz CT molecular complexity index is 1320. The number of nitrogens with one attached hydrogen (secondary N) is 2. The largest absolute Gasteiger partial charge is 0.417 e. The second kappa shape index (κ2) is 9.80. The summed E-state index contributed by atoms with van der Waals surface area (Å²) in [5.74, 6) is 0.719. The lowest BCUT2D eigenvalue weighted by Gasteiger charge is -2.41. The van der Waals surface area contributed by atoms with Gasteiger partial charge in [0.2, 0.25) is 0 Å². The molecule has 1 aliphatic heterocycles. The number of ether oxygens (including phenoxy) is 1. The highest BCUT2D eigenvalue weighted by atomic mass is 19.4. The summed E-state index contributed by atoms with van der Waals surface area (Å²) in [6.45, 7) is 3.04. The van der Waals surface area contributed by atoms with Crippen molar-refractivity contribution in [3.8, 4) is 0 Å². The van der Waals surface area contributed by atoms with Crippen LogP contribution in [0.1, 0.15) is 31.0 Å². The van der Waals surface area contributed by atoms with Crippen molar-refractivity contribution in [3.05, 3.63) is 46.1 Å². The molecule has 0 spiro atoms. The van der Waals surface area contributed by atoms with E-state index >= 15 is 0 Å². The summed E-state index contributed by atoms with van der Waals surface area (Å²) in [5.41, 5.74) is 0.121. The average molecular weight is 508 g/mol. The number of piperidine rings is 1. The summed E-state index contributed by atoms with van der Waals surface area (Å²) >= 11 is 0. The Hall–Kier alpha value is -3.61. The summed E-state index contributed by atoms with van der Waals surface area (Å²) in [6.07, 6.45) is -1.03. The predicted octanol–water partition coefficient (Wildman–Crippen LogP) is 3.34. The van der Waals surface area contributed by atoms with E-state index in [1.807, 2.05) is 13.0 Å². The van der Waals surface area contributed by atoms with Gasteiger partial charge >= 0.3 is 12.2 Å². The van der Waals surface area contributed by atoms with Gasteiger partial charge in [-0.05, 0) is 31.9 Å². The number of amides is 2. The van der Waals surface area contributed by atoms with Gasteiger partial charge in [0.1, 0.15) is 17.0 Å². The molecule has 194 valence electrons. The second-order valence-electron chi connectivity index (χ2n) is 9.01. The molecule has 2 atom stereocenters. The third kappa shape index (κ3) is 5.15. The number of anilines is 2. The molecule has 0 saturated carbocycles. The Labute approximate surface area is 205 Å². The Morgan fingerprint density at radius 3 is 2.78 bits per heavy atom. The van der Waals surface area contributed by atoms with E-state index in [1.165, 1.54) is 11.9 Å². The van der Waals surface area contributed by atoms with Crippen LogP contribution >= 0.6 is 0 Å². The van der Waals surface area contributed by atoms with Crippen molar-refractivity contribution in [1.82, 2.24) is 24.4 Å². The molecule has 36 heavy (non-hydrogen) atoms. The number of alkyl halides is 3. The van der Waals surface area contributed by atoms with Crippen LogP contribution in [0.2, 0.25) is 0 Å². The van der Waals surface area contributed by atoms with Crippen LogP contribution in [0.25, 0.3) is 11.2 Å². The fraction of sp³-hybridized carbons (Fsp3) is 0.478. The smallest absolute Gasteiger partial charge is 0.378 e. The number of hydrogen-bond acceptors (Lipinski definition) is 6. The Balaban J connectivity index is 1.44. The van der Waals surface area contributed by atoms with Crippen molar-refractivity contribution >= 4 is 28.7 Å². The van der Waals surface area contributed by atoms with Crippen molar-refractivity contribution in [2.45, 2.75) is 44.6 Å². The number of methoxy groups -OCH3 is 1. The van der Waals surface area contributed by atoms with Crippen LogP contribution in [-0.4, -0.2) is 63.2 Å². The van der Waals surface area contributed by atoms with Crippen LogP contribution in [-0.2, 0) is 24.6 Å². The molecule has 0 unspecified atom stereocenters. The molecule has 13 heteroatoms. The lowest BCUT2D eigenvalue weighted by atomic mass is 9.97. The van der Waals surface area contributed by atoms with Crippen molar-refractivity contribution in [1.29, 1.82) is 0 Å². The lowest BCUT2D eigenvalue weighted by Crippen LogP contribution is -2.51. The highest BCUT2D eigenvalue weighted by Crippen LogP contribution is 2.30. The van der Waals surface area contributed by atoms with Crippen LogP contribution in [0.15, 0.2) is 29.3 Å². The quantitative estimate of drug-likeness (QED) is 0.549. The van der Waals surface area contributed by atoms with E-state index < -0.39 is 29.0 Å². The molecule has 0 aromatic carbocycles. The Kier molecular flexibility index (Phi) is 6.94. The molecule has 1 fully saturated rings. The number of H-pyrrole nitrogens is 1. The summed E-state index contributed by atoms with van der Waals surface area (Å²) in [4.78, 5) is 41.0. The van der Waals surface area contributed by atoms with Crippen molar-refractivity contribution in [2.75, 3.05) is 30.9 Å². The molecule has 3 aromatic rings. The van der Waals surface area contributed by atoms with E-state index in [1.54, 1.807) is 20.4 Å². The van der Waals surface area contributed by atoms with Gasteiger partial charge in [0.15, 0.2) is 5.65 Å². The van der Waals surface area contributed by atoms with Crippen molar-refractivity contribution in [2.24, 2.45) is 7.05 Å². The van der Waals surface area contributed by atoms with Gasteiger partial charge in [-0.25, -0.2) is 14.8 Å². The molecular formula is C23H28F3N7O3. The fourth-order valence-corrected chi connectivity index (χ4v) is 4.48. The first-order valence-corrected chi connectivity index (χ1v) is 11.4.